The minimum Gasteiger partial charge on any atom is -0.311 e. The summed E-state index contributed by atoms with van der Waals surface area (Å²) in [4.78, 5) is 5.04. The highest BCUT2D eigenvalue weighted by molar-refractivity contribution is 8.00. The summed E-state index contributed by atoms with van der Waals surface area (Å²) in [7, 11) is -2.59. The smallest absolute Gasteiger partial charge is 0.181 e. The molecule has 0 unspecified atom stereocenters. The van der Waals surface area contributed by atoms with E-state index in [0.717, 1.165) is 17.1 Å². The van der Waals surface area contributed by atoms with E-state index >= 15 is 0 Å². The van der Waals surface area contributed by atoms with Crippen molar-refractivity contribution in [3.8, 4) is 11.1 Å². The third-order valence-electron chi connectivity index (χ3n) is 8.80. The van der Waals surface area contributed by atoms with Gasteiger partial charge in [0.25, 0.3) is 0 Å². The zero-order valence-electron chi connectivity index (χ0n) is 24.8. The number of para-hydroxylation sites is 2. The van der Waals surface area contributed by atoms with Gasteiger partial charge in [-0.1, -0.05) is 157 Å². The Morgan fingerprint density at radius 3 is 1.42 bits per heavy atom. The molecule has 45 heavy (non-hydrogen) atoms. The molecule has 0 saturated carbocycles. The number of nitrogens with zero attached hydrogens (tertiary/aromatic N) is 1. The van der Waals surface area contributed by atoms with E-state index in [4.69, 9.17) is 0 Å². The lowest BCUT2D eigenvalue weighted by molar-refractivity contribution is 1.28. The maximum Gasteiger partial charge on any atom is 0.181 e. The van der Waals surface area contributed by atoms with Gasteiger partial charge in [0.05, 0.1) is 0 Å². The molecule has 0 radical (unpaired) electrons. The van der Waals surface area contributed by atoms with E-state index < -0.39 is 8.07 Å². The van der Waals surface area contributed by atoms with Crippen LogP contribution in [-0.2, 0) is 0 Å². The molecule has 7 aromatic carbocycles. The van der Waals surface area contributed by atoms with Gasteiger partial charge >= 0.3 is 0 Å². The second-order valence-corrected chi connectivity index (χ2v) is 16.1. The normalized spacial score (nSPS) is 13.0. The van der Waals surface area contributed by atoms with Crippen molar-refractivity contribution in [1.82, 2.24) is 0 Å². The minimum absolute atomic E-state index is 1.14. The molecule has 0 atom stereocenters. The molecule has 0 fully saturated rings. The van der Waals surface area contributed by atoms with Crippen molar-refractivity contribution in [2.24, 2.45) is 0 Å². The molecule has 8 rings (SSSR count). The van der Waals surface area contributed by atoms with Crippen LogP contribution in [0.5, 0.6) is 0 Å². The molecule has 3 heteroatoms. The van der Waals surface area contributed by atoms with Gasteiger partial charge < -0.3 is 4.90 Å². The quantitative estimate of drug-likeness (QED) is 0.174. The van der Waals surface area contributed by atoms with Crippen LogP contribution in [0.15, 0.2) is 198 Å². The van der Waals surface area contributed by atoms with Crippen LogP contribution in [0.3, 0.4) is 0 Å². The summed E-state index contributed by atoms with van der Waals surface area (Å²) in [5, 5.41) is 5.76. The van der Waals surface area contributed by atoms with Crippen molar-refractivity contribution >= 4 is 57.6 Å². The van der Waals surface area contributed by atoms with Crippen LogP contribution in [0, 0.1) is 0 Å². The Kier molecular flexibility index (Phi) is 7.18. The molecule has 0 aliphatic carbocycles. The topological polar surface area (TPSA) is 3.24 Å². The van der Waals surface area contributed by atoms with Crippen LogP contribution in [0.1, 0.15) is 0 Å². The predicted octanol–water partition coefficient (Wildman–Crippen LogP) is 8.67. The van der Waals surface area contributed by atoms with Crippen molar-refractivity contribution in [1.29, 1.82) is 0 Å². The van der Waals surface area contributed by atoms with Crippen molar-refractivity contribution in [3.05, 3.63) is 188 Å². The summed E-state index contributed by atoms with van der Waals surface area (Å²) < 4.78 is 0. The maximum absolute atomic E-state index is 2.59. The fourth-order valence-corrected chi connectivity index (χ4v) is 14.0. The van der Waals surface area contributed by atoms with Crippen LogP contribution < -0.4 is 25.6 Å². The first-order valence-corrected chi connectivity index (χ1v) is 18.2. The molecule has 0 saturated heterocycles. The molecule has 214 valence electrons. The van der Waals surface area contributed by atoms with Crippen molar-refractivity contribution < 1.29 is 0 Å². The predicted molar refractivity (Wildman–Crippen MR) is 194 cm³/mol. The van der Waals surface area contributed by atoms with Gasteiger partial charge in [-0.05, 0) is 74.3 Å². The number of fused-ring (bicyclic) bond motifs is 2. The van der Waals surface area contributed by atoms with Crippen LogP contribution in [0.2, 0.25) is 0 Å². The molecule has 0 amide bonds. The molecular formula is C42H31NSSi. The first-order valence-electron chi connectivity index (χ1n) is 15.4. The van der Waals surface area contributed by atoms with Crippen LogP contribution in [0.25, 0.3) is 11.1 Å². The Labute approximate surface area is 270 Å². The maximum atomic E-state index is 2.40. The molecular weight excluding hydrogens is 579 g/mol. The van der Waals surface area contributed by atoms with Gasteiger partial charge in [0.15, 0.2) is 8.07 Å². The van der Waals surface area contributed by atoms with Crippen LogP contribution in [-0.4, -0.2) is 8.07 Å². The van der Waals surface area contributed by atoms with E-state index in [1.54, 1.807) is 0 Å². The Bertz CT molecular complexity index is 1980. The summed E-state index contributed by atoms with van der Waals surface area (Å²) in [5.74, 6) is 0. The number of hydrogen-bond acceptors (Lipinski definition) is 2. The summed E-state index contributed by atoms with van der Waals surface area (Å²) >= 11 is 1.92. The fraction of sp³-hybridized carbons (Fsp3) is 0. The molecule has 7 aromatic rings. The number of hydrogen-bond donors (Lipinski definition) is 0. The SMILES string of the molecule is c1ccc(N(c2ccccc2)c2ccc(-c3cccc4c3Sc3ccccc3[Si]4(c3ccccc3)c3ccccc3)cc2)cc1. The third kappa shape index (κ3) is 4.72. The molecule has 0 N–H and O–H groups in total. The van der Waals surface area contributed by atoms with Crippen molar-refractivity contribution in [3.63, 3.8) is 0 Å². The summed E-state index contributed by atoms with van der Waals surface area (Å²) in [6.07, 6.45) is 0. The van der Waals surface area contributed by atoms with Gasteiger partial charge in [0, 0.05) is 26.9 Å². The second kappa shape index (κ2) is 11.8. The summed E-state index contributed by atoms with van der Waals surface area (Å²) in [6.45, 7) is 0. The van der Waals surface area contributed by atoms with E-state index in [-0.39, 0.29) is 0 Å². The van der Waals surface area contributed by atoms with Gasteiger partial charge in [-0.25, -0.2) is 0 Å². The Morgan fingerprint density at radius 2 is 0.844 bits per heavy atom. The molecule has 1 heterocycles. The molecule has 1 nitrogen and oxygen atoms in total. The van der Waals surface area contributed by atoms with E-state index in [9.17, 15) is 0 Å². The highest BCUT2D eigenvalue weighted by Gasteiger charge is 2.47. The number of benzene rings is 7. The minimum atomic E-state index is -2.59. The Morgan fingerprint density at radius 1 is 0.378 bits per heavy atom. The largest absolute Gasteiger partial charge is 0.311 e. The Hall–Kier alpha value is -5.09. The van der Waals surface area contributed by atoms with E-state index in [1.165, 1.54) is 41.7 Å². The van der Waals surface area contributed by atoms with Gasteiger partial charge in [0.1, 0.15) is 0 Å². The van der Waals surface area contributed by atoms with Gasteiger partial charge in [-0.2, -0.15) is 0 Å². The Balaban J connectivity index is 1.31. The lowest BCUT2D eigenvalue weighted by atomic mass is 10.0. The number of anilines is 3. The molecule has 0 aromatic heterocycles. The lowest BCUT2D eigenvalue weighted by Gasteiger charge is -2.40. The highest BCUT2D eigenvalue weighted by Crippen LogP contribution is 2.41. The molecule has 1 aliphatic rings. The van der Waals surface area contributed by atoms with Gasteiger partial charge in [-0.3, -0.25) is 0 Å². The van der Waals surface area contributed by atoms with E-state index in [0.29, 0.717) is 0 Å². The van der Waals surface area contributed by atoms with Crippen LogP contribution >= 0.6 is 11.8 Å². The summed E-state index contributed by atoms with van der Waals surface area (Å²) in [6, 6.07) is 68.8. The number of rotatable bonds is 6. The zero-order valence-corrected chi connectivity index (χ0v) is 26.6. The standard InChI is InChI=1S/C42H31NSSi/c1-5-16-33(17-6-1)43(34-18-7-2-8-19-34)35-30-28-32(29-31-35)38-24-15-27-41-42(38)44-39-25-13-14-26-40(39)45(41,36-20-9-3-10-21-36)37-22-11-4-12-23-37/h1-31H. The van der Waals surface area contributed by atoms with E-state index in [1.807, 2.05) is 11.8 Å². The summed E-state index contributed by atoms with van der Waals surface area (Å²) in [5.41, 5.74) is 5.93. The molecule has 0 bridgehead atoms. The highest BCUT2D eigenvalue weighted by atomic mass is 32.2. The second-order valence-electron chi connectivity index (χ2n) is 11.3. The van der Waals surface area contributed by atoms with E-state index in [2.05, 4.69) is 193 Å². The van der Waals surface area contributed by atoms with Crippen LogP contribution in [0.4, 0.5) is 17.1 Å². The first-order chi connectivity index (χ1) is 22.3. The first kappa shape index (κ1) is 27.5. The van der Waals surface area contributed by atoms with Gasteiger partial charge in [-0.15, -0.1) is 0 Å². The van der Waals surface area contributed by atoms with Gasteiger partial charge in [0.2, 0.25) is 0 Å². The third-order valence-corrected chi connectivity index (χ3v) is 15.3. The monoisotopic (exact) mass is 609 g/mol. The molecule has 1 aliphatic heterocycles. The average Bonchev–Trinajstić information content (AvgIpc) is 3.12. The lowest BCUT2D eigenvalue weighted by Crippen LogP contribution is -2.76. The van der Waals surface area contributed by atoms with Crippen molar-refractivity contribution in [2.45, 2.75) is 9.79 Å². The average molecular weight is 610 g/mol. The van der Waals surface area contributed by atoms with Crippen molar-refractivity contribution in [2.75, 3.05) is 4.90 Å². The zero-order chi connectivity index (χ0) is 30.1. The fourth-order valence-electron chi connectivity index (χ4n) is 6.85. The molecule has 0 spiro atoms.